The number of halogens is 2. The van der Waals surface area contributed by atoms with Gasteiger partial charge in [0.05, 0.1) is 21.2 Å². The molecule has 0 fully saturated rings. The average molecular weight is 271 g/mol. The molecule has 1 aromatic heterocycles. The molecule has 1 aromatic carbocycles. The van der Waals surface area contributed by atoms with E-state index in [9.17, 15) is 4.79 Å². The highest BCUT2D eigenvalue weighted by Gasteiger charge is 2.16. The smallest absolute Gasteiger partial charge is 0.223 e. The summed E-state index contributed by atoms with van der Waals surface area (Å²) in [5.74, 6) is -0.000488. The van der Waals surface area contributed by atoms with Gasteiger partial charge < -0.3 is 9.88 Å². The molecule has 0 aliphatic rings. The molecule has 90 valence electrons. The number of carbonyl (C=O) groups excluding carboxylic acids is 1. The predicted molar refractivity (Wildman–Crippen MR) is 72.0 cm³/mol. The Morgan fingerprint density at radius 2 is 2.12 bits per heavy atom. The first-order valence-corrected chi connectivity index (χ1v) is 6.05. The zero-order chi connectivity index (χ0) is 12.6. The van der Waals surface area contributed by atoms with Gasteiger partial charge in [-0.05, 0) is 19.1 Å². The third-order valence-electron chi connectivity index (χ3n) is 2.71. The molecule has 2 aromatic rings. The van der Waals surface area contributed by atoms with Crippen LogP contribution in [0.4, 0.5) is 5.69 Å². The highest BCUT2D eigenvalue weighted by Crippen LogP contribution is 2.35. The topological polar surface area (TPSA) is 36.1 Å². The number of benzene rings is 1. The predicted octanol–water partition coefficient (Wildman–Crippen LogP) is 3.85. The minimum Gasteiger partial charge on any atom is -0.358 e. The highest BCUT2D eigenvalue weighted by atomic mass is 35.5. The fraction of sp³-hybridized carbons (Fsp3) is 0.250. The molecule has 0 aliphatic carbocycles. The van der Waals surface area contributed by atoms with Crippen molar-refractivity contribution in [3.8, 4) is 0 Å². The van der Waals surface area contributed by atoms with Crippen molar-refractivity contribution in [2.75, 3.05) is 11.4 Å². The van der Waals surface area contributed by atoms with E-state index in [1.165, 1.54) is 0 Å². The molecular formula is C12H12Cl2N2O. The summed E-state index contributed by atoms with van der Waals surface area (Å²) in [5, 5.41) is 1.88. The van der Waals surface area contributed by atoms with Crippen LogP contribution in [0.3, 0.4) is 0 Å². The SMILES string of the molecule is CCN(C(C)=O)c1c[nH]c2c(Cl)c(Cl)ccc12. The summed E-state index contributed by atoms with van der Waals surface area (Å²) in [6, 6.07) is 3.60. The van der Waals surface area contributed by atoms with Gasteiger partial charge in [0, 0.05) is 25.1 Å². The maximum atomic E-state index is 11.5. The Kier molecular flexibility index (Phi) is 3.31. The van der Waals surface area contributed by atoms with E-state index in [1.54, 1.807) is 24.1 Å². The number of nitrogens with one attached hydrogen (secondary N) is 1. The van der Waals surface area contributed by atoms with Gasteiger partial charge >= 0.3 is 0 Å². The van der Waals surface area contributed by atoms with Gasteiger partial charge in [0.2, 0.25) is 5.91 Å². The number of anilines is 1. The number of hydrogen-bond acceptors (Lipinski definition) is 1. The standard InChI is InChI=1S/C12H12Cl2N2O/c1-3-16(7(2)17)10-6-15-12-8(10)4-5-9(13)11(12)14/h4-6,15H,3H2,1-2H3. The minimum atomic E-state index is -0.000488. The summed E-state index contributed by atoms with van der Waals surface area (Å²) < 4.78 is 0. The van der Waals surface area contributed by atoms with Gasteiger partial charge in [-0.1, -0.05) is 23.2 Å². The molecule has 1 heterocycles. The molecule has 0 saturated heterocycles. The minimum absolute atomic E-state index is 0.000488. The first-order chi connectivity index (χ1) is 8.06. The second-order valence-corrected chi connectivity index (χ2v) is 4.51. The monoisotopic (exact) mass is 270 g/mol. The summed E-state index contributed by atoms with van der Waals surface area (Å²) in [6.45, 7) is 4.08. The normalized spacial score (nSPS) is 10.8. The second kappa shape index (κ2) is 4.59. The number of nitrogens with zero attached hydrogens (tertiary/aromatic N) is 1. The van der Waals surface area contributed by atoms with E-state index in [2.05, 4.69) is 4.98 Å². The maximum absolute atomic E-state index is 11.5. The third kappa shape index (κ3) is 2.01. The molecular weight excluding hydrogens is 259 g/mol. The molecule has 0 bridgehead atoms. The fourth-order valence-corrected chi connectivity index (χ4v) is 2.29. The van der Waals surface area contributed by atoms with Gasteiger partial charge in [0.1, 0.15) is 0 Å². The number of rotatable bonds is 2. The van der Waals surface area contributed by atoms with Crippen LogP contribution in [0.15, 0.2) is 18.3 Å². The Morgan fingerprint density at radius 3 is 2.71 bits per heavy atom. The number of amides is 1. The number of fused-ring (bicyclic) bond motifs is 1. The zero-order valence-corrected chi connectivity index (χ0v) is 11.1. The fourth-order valence-electron chi connectivity index (χ4n) is 1.91. The molecule has 0 unspecified atom stereocenters. The van der Waals surface area contributed by atoms with Crippen LogP contribution in [0, 0.1) is 0 Å². The summed E-state index contributed by atoms with van der Waals surface area (Å²) in [6.07, 6.45) is 1.78. The lowest BCUT2D eigenvalue weighted by molar-refractivity contribution is -0.116. The van der Waals surface area contributed by atoms with Crippen LogP contribution in [0.25, 0.3) is 10.9 Å². The van der Waals surface area contributed by atoms with E-state index in [4.69, 9.17) is 23.2 Å². The van der Waals surface area contributed by atoms with Crippen molar-refractivity contribution in [1.82, 2.24) is 4.98 Å². The van der Waals surface area contributed by atoms with Crippen molar-refractivity contribution in [3.63, 3.8) is 0 Å². The number of aromatic nitrogens is 1. The van der Waals surface area contributed by atoms with Crippen LogP contribution < -0.4 is 4.90 Å². The molecule has 0 spiro atoms. The van der Waals surface area contributed by atoms with Crippen LogP contribution in [-0.2, 0) is 4.79 Å². The first kappa shape index (κ1) is 12.3. The third-order valence-corrected chi connectivity index (χ3v) is 3.52. The molecule has 17 heavy (non-hydrogen) atoms. The lowest BCUT2D eigenvalue weighted by Gasteiger charge is -2.17. The first-order valence-electron chi connectivity index (χ1n) is 5.29. The van der Waals surface area contributed by atoms with Crippen molar-refractivity contribution in [2.45, 2.75) is 13.8 Å². The Balaban J connectivity index is 2.65. The van der Waals surface area contributed by atoms with Gasteiger partial charge in [0.25, 0.3) is 0 Å². The molecule has 5 heteroatoms. The van der Waals surface area contributed by atoms with E-state index in [0.717, 1.165) is 16.6 Å². The molecule has 0 aliphatic heterocycles. The van der Waals surface area contributed by atoms with Crippen LogP contribution in [0.5, 0.6) is 0 Å². The number of H-pyrrole nitrogens is 1. The van der Waals surface area contributed by atoms with Gasteiger partial charge in [-0.15, -0.1) is 0 Å². The number of aromatic amines is 1. The Hall–Kier alpha value is -1.19. The molecule has 0 radical (unpaired) electrons. The zero-order valence-electron chi connectivity index (χ0n) is 9.55. The van der Waals surface area contributed by atoms with Crippen molar-refractivity contribution in [2.24, 2.45) is 0 Å². The second-order valence-electron chi connectivity index (χ2n) is 3.72. The Bertz CT molecular complexity index is 577. The van der Waals surface area contributed by atoms with Crippen LogP contribution in [0.2, 0.25) is 10.0 Å². The van der Waals surface area contributed by atoms with Crippen LogP contribution >= 0.6 is 23.2 Å². The van der Waals surface area contributed by atoms with Gasteiger partial charge in [-0.2, -0.15) is 0 Å². The van der Waals surface area contributed by atoms with E-state index < -0.39 is 0 Å². The molecule has 3 nitrogen and oxygen atoms in total. The Morgan fingerprint density at radius 1 is 1.41 bits per heavy atom. The number of hydrogen-bond donors (Lipinski definition) is 1. The summed E-state index contributed by atoms with van der Waals surface area (Å²) in [5.41, 5.74) is 1.59. The van der Waals surface area contributed by atoms with Gasteiger partial charge in [-0.3, -0.25) is 4.79 Å². The lowest BCUT2D eigenvalue weighted by Crippen LogP contribution is -2.27. The Labute approximate surface area is 109 Å². The summed E-state index contributed by atoms with van der Waals surface area (Å²) >= 11 is 12.0. The molecule has 2 rings (SSSR count). The lowest BCUT2D eigenvalue weighted by atomic mass is 10.2. The quantitative estimate of drug-likeness (QED) is 0.884. The van der Waals surface area contributed by atoms with Crippen molar-refractivity contribution < 1.29 is 4.79 Å². The van der Waals surface area contributed by atoms with E-state index >= 15 is 0 Å². The van der Waals surface area contributed by atoms with Gasteiger partial charge in [0.15, 0.2) is 0 Å². The van der Waals surface area contributed by atoms with Crippen LogP contribution in [0.1, 0.15) is 13.8 Å². The molecule has 0 saturated carbocycles. The maximum Gasteiger partial charge on any atom is 0.223 e. The molecule has 0 atom stereocenters. The number of carbonyl (C=O) groups is 1. The average Bonchev–Trinajstić information content (AvgIpc) is 2.69. The van der Waals surface area contributed by atoms with Crippen molar-refractivity contribution in [3.05, 3.63) is 28.4 Å². The van der Waals surface area contributed by atoms with Crippen molar-refractivity contribution >= 4 is 45.7 Å². The highest BCUT2D eigenvalue weighted by molar-refractivity contribution is 6.45. The van der Waals surface area contributed by atoms with E-state index in [1.807, 2.05) is 13.0 Å². The van der Waals surface area contributed by atoms with Gasteiger partial charge in [-0.25, -0.2) is 0 Å². The largest absolute Gasteiger partial charge is 0.358 e. The van der Waals surface area contributed by atoms with E-state index in [-0.39, 0.29) is 5.91 Å². The molecule has 1 N–H and O–H groups in total. The van der Waals surface area contributed by atoms with Crippen molar-refractivity contribution in [1.29, 1.82) is 0 Å². The summed E-state index contributed by atoms with van der Waals surface area (Å²) in [7, 11) is 0. The van der Waals surface area contributed by atoms with E-state index in [0.29, 0.717) is 16.6 Å². The van der Waals surface area contributed by atoms with Crippen LogP contribution in [-0.4, -0.2) is 17.4 Å². The molecule has 1 amide bonds. The summed E-state index contributed by atoms with van der Waals surface area (Å²) in [4.78, 5) is 16.3.